The van der Waals surface area contributed by atoms with Crippen LogP contribution in [0.1, 0.15) is 40.0 Å². The van der Waals surface area contributed by atoms with Gasteiger partial charge in [0.05, 0.1) is 0 Å². The van der Waals surface area contributed by atoms with Gasteiger partial charge in [-0.15, -0.1) is 0 Å². The molecule has 0 radical (unpaired) electrons. The van der Waals surface area contributed by atoms with Gasteiger partial charge < -0.3 is 16.4 Å². The average Bonchev–Trinajstić information content (AvgIpc) is 2.10. The Labute approximate surface area is 113 Å². The monoisotopic (exact) mass is 275 g/mol. The molecule has 1 aliphatic carbocycles. The third-order valence-corrected chi connectivity index (χ3v) is 3.58. The summed E-state index contributed by atoms with van der Waals surface area (Å²) in [7, 11) is 0. The average molecular weight is 276 g/mol. The molecule has 0 aromatic heterocycles. The molecular weight excluding hydrogens is 254 g/mol. The van der Waals surface area contributed by atoms with E-state index in [0.717, 1.165) is 19.3 Å². The van der Waals surface area contributed by atoms with Crippen molar-refractivity contribution in [1.29, 1.82) is 0 Å². The predicted molar refractivity (Wildman–Crippen MR) is 71.5 cm³/mol. The Hall–Kier alpha value is -0.970. The fraction of sp³-hybridized carbons (Fsp3) is 0.833. The number of halogens is 1. The van der Waals surface area contributed by atoms with Gasteiger partial charge in [0.25, 0.3) is 0 Å². The van der Waals surface area contributed by atoms with Crippen LogP contribution in [0.5, 0.6) is 0 Å². The van der Waals surface area contributed by atoms with E-state index < -0.39 is 11.4 Å². The third kappa shape index (κ3) is 4.72. The van der Waals surface area contributed by atoms with Crippen molar-refractivity contribution in [3.63, 3.8) is 0 Å². The van der Waals surface area contributed by atoms with Crippen LogP contribution in [0, 0.1) is 10.8 Å². The summed E-state index contributed by atoms with van der Waals surface area (Å²) in [5, 5.41) is 4.88. The van der Waals surface area contributed by atoms with Gasteiger partial charge in [-0.1, -0.05) is 20.8 Å². The number of urea groups is 1. The molecule has 104 valence electrons. The van der Waals surface area contributed by atoms with Gasteiger partial charge in [0.2, 0.25) is 0 Å². The van der Waals surface area contributed by atoms with Gasteiger partial charge in [-0.25, -0.2) is 4.79 Å². The lowest BCUT2D eigenvalue weighted by Crippen LogP contribution is -2.51. The molecule has 0 aromatic rings. The lowest BCUT2D eigenvalue weighted by molar-refractivity contribution is 0.0762. The fourth-order valence-corrected chi connectivity index (χ4v) is 3.42. The number of hydrogen-bond donors (Lipinski definition) is 3. The number of nitrogens with one attached hydrogen (secondary N) is 2. The number of amides is 3. The summed E-state index contributed by atoms with van der Waals surface area (Å²) in [6, 6.07) is -0.454. The summed E-state index contributed by atoms with van der Waals surface area (Å²) in [5.74, 6) is 0. The van der Waals surface area contributed by atoms with E-state index in [1.807, 2.05) is 0 Å². The van der Waals surface area contributed by atoms with Crippen molar-refractivity contribution >= 4 is 23.0 Å². The molecule has 0 aromatic carbocycles. The first kappa shape index (κ1) is 15.1. The van der Waals surface area contributed by atoms with E-state index in [1.165, 1.54) is 0 Å². The highest BCUT2D eigenvalue weighted by Gasteiger charge is 2.41. The first-order valence-electron chi connectivity index (χ1n) is 6.11. The maximum absolute atomic E-state index is 11.0. The van der Waals surface area contributed by atoms with Crippen molar-refractivity contribution in [2.24, 2.45) is 16.6 Å². The van der Waals surface area contributed by atoms with Gasteiger partial charge in [0.15, 0.2) is 0 Å². The van der Waals surface area contributed by atoms with Gasteiger partial charge >= 0.3 is 11.4 Å². The molecule has 1 fully saturated rings. The zero-order valence-electron chi connectivity index (χ0n) is 11.2. The second kappa shape index (κ2) is 5.34. The summed E-state index contributed by atoms with van der Waals surface area (Å²) < 4.78 is 0. The second-order valence-electron chi connectivity index (χ2n) is 6.39. The van der Waals surface area contributed by atoms with E-state index in [4.69, 9.17) is 17.3 Å². The topological polar surface area (TPSA) is 84.2 Å². The van der Waals surface area contributed by atoms with Crippen molar-refractivity contribution in [3.05, 3.63) is 0 Å². The Morgan fingerprint density at radius 1 is 1.33 bits per heavy atom. The standard InChI is InChI=1S/C12H22ClN3O2/c1-11(2)4-8(16-10(14)18)5-12(3,6-11)7-15-9(13)17/h8H,4-7H2,1-3H3,(H,15,17)(H3,14,16,18). The van der Waals surface area contributed by atoms with Crippen LogP contribution in [0.15, 0.2) is 0 Å². The largest absolute Gasteiger partial charge is 0.352 e. The predicted octanol–water partition coefficient (Wildman–Crippen LogP) is 2.19. The second-order valence-corrected chi connectivity index (χ2v) is 6.74. The van der Waals surface area contributed by atoms with E-state index in [0.29, 0.717) is 6.54 Å². The Morgan fingerprint density at radius 3 is 2.44 bits per heavy atom. The van der Waals surface area contributed by atoms with Crippen molar-refractivity contribution in [2.75, 3.05) is 6.54 Å². The quantitative estimate of drug-likeness (QED) is 0.545. The molecular formula is C12H22ClN3O2. The molecule has 2 unspecified atom stereocenters. The smallest absolute Gasteiger partial charge is 0.313 e. The Bertz CT molecular complexity index is 346. The van der Waals surface area contributed by atoms with Crippen LogP contribution in [-0.4, -0.2) is 24.0 Å². The molecule has 1 rings (SSSR count). The lowest BCUT2D eigenvalue weighted by Gasteiger charge is -2.46. The molecule has 0 bridgehead atoms. The van der Waals surface area contributed by atoms with E-state index in [1.54, 1.807) is 0 Å². The maximum atomic E-state index is 11.0. The van der Waals surface area contributed by atoms with Crippen molar-refractivity contribution in [3.8, 4) is 0 Å². The van der Waals surface area contributed by atoms with Crippen molar-refractivity contribution < 1.29 is 9.59 Å². The minimum absolute atomic E-state index is 0.0449. The van der Waals surface area contributed by atoms with Gasteiger partial charge in [0.1, 0.15) is 0 Å². The van der Waals surface area contributed by atoms with Gasteiger partial charge in [-0.3, -0.25) is 4.79 Å². The molecule has 2 atom stereocenters. The van der Waals surface area contributed by atoms with Crippen LogP contribution in [0.4, 0.5) is 9.59 Å². The summed E-state index contributed by atoms with van der Waals surface area (Å²) in [4.78, 5) is 21.8. The summed E-state index contributed by atoms with van der Waals surface area (Å²) in [5.41, 5.74) is 5.19. The van der Waals surface area contributed by atoms with Crippen molar-refractivity contribution in [2.45, 2.75) is 46.1 Å². The zero-order valence-corrected chi connectivity index (χ0v) is 11.9. The van der Waals surface area contributed by atoms with E-state index >= 15 is 0 Å². The van der Waals surface area contributed by atoms with Crippen LogP contribution in [0.25, 0.3) is 0 Å². The first-order valence-corrected chi connectivity index (χ1v) is 6.49. The van der Waals surface area contributed by atoms with E-state index in [9.17, 15) is 9.59 Å². The Balaban J connectivity index is 2.72. The molecule has 18 heavy (non-hydrogen) atoms. The van der Waals surface area contributed by atoms with Crippen LogP contribution in [0.2, 0.25) is 0 Å². The maximum Gasteiger partial charge on any atom is 0.313 e. The number of nitrogens with two attached hydrogens (primary N) is 1. The molecule has 3 amide bonds. The van der Waals surface area contributed by atoms with E-state index in [-0.39, 0.29) is 16.9 Å². The molecule has 6 heteroatoms. The van der Waals surface area contributed by atoms with Crippen LogP contribution in [-0.2, 0) is 0 Å². The molecule has 4 N–H and O–H groups in total. The van der Waals surface area contributed by atoms with Gasteiger partial charge in [-0.2, -0.15) is 0 Å². The highest BCUT2D eigenvalue weighted by molar-refractivity contribution is 6.62. The van der Waals surface area contributed by atoms with Crippen LogP contribution < -0.4 is 16.4 Å². The molecule has 0 spiro atoms. The molecule has 0 aliphatic heterocycles. The summed E-state index contributed by atoms with van der Waals surface area (Å²) >= 11 is 5.31. The third-order valence-electron chi connectivity index (χ3n) is 3.44. The van der Waals surface area contributed by atoms with Crippen LogP contribution in [0.3, 0.4) is 0 Å². The lowest BCUT2D eigenvalue weighted by atomic mass is 9.62. The number of primary amides is 1. The Morgan fingerprint density at radius 2 is 1.94 bits per heavy atom. The zero-order chi connectivity index (χ0) is 14.0. The number of hydrogen-bond acceptors (Lipinski definition) is 2. The van der Waals surface area contributed by atoms with Crippen LogP contribution >= 0.6 is 11.6 Å². The minimum atomic E-state index is -0.543. The fourth-order valence-electron chi connectivity index (χ4n) is 3.35. The van der Waals surface area contributed by atoms with Crippen molar-refractivity contribution in [1.82, 2.24) is 10.6 Å². The minimum Gasteiger partial charge on any atom is -0.352 e. The number of carbonyl (C=O) groups is 2. The highest BCUT2D eigenvalue weighted by atomic mass is 35.5. The normalized spacial score (nSPS) is 30.6. The summed E-state index contributed by atoms with van der Waals surface area (Å²) in [6.07, 6.45) is 2.64. The molecule has 1 aliphatic rings. The molecule has 1 saturated carbocycles. The molecule has 5 nitrogen and oxygen atoms in total. The Kier molecular flexibility index (Phi) is 4.48. The number of rotatable bonds is 3. The molecule has 0 saturated heterocycles. The highest BCUT2D eigenvalue weighted by Crippen LogP contribution is 2.45. The number of carbonyl (C=O) groups excluding carboxylic acids is 2. The van der Waals surface area contributed by atoms with Gasteiger partial charge in [0, 0.05) is 12.6 Å². The SMILES string of the molecule is CC1(C)CC(NC(N)=O)CC(C)(CNC(=O)Cl)C1. The van der Waals surface area contributed by atoms with E-state index in [2.05, 4.69) is 31.4 Å². The first-order chi connectivity index (χ1) is 8.12. The molecule has 0 heterocycles. The van der Waals surface area contributed by atoms with Gasteiger partial charge in [-0.05, 0) is 41.7 Å². The summed E-state index contributed by atoms with van der Waals surface area (Å²) in [6.45, 7) is 6.91.